The van der Waals surface area contributed by atoms with Crippen LogP contribution in [0.4, 0.5) is 5.95 Å². The molecule has 0 aliphatic heterocycles. The summed E-state index contributed by atoms with van der Waals surface area (Å²) in [6, 6.07) is 0.250. The Morgan fingerprint density at radius 1 is 1.61 bits per heavy atom. The van der Waals surface area contributed by atoms with E-state index in [1.165, 1.54) is 23.9 Å². The van der Waals surface area contributed by atoms with Gasteiger partial charge in [-0.3, -0.25) is 4.79 Å². The Kier molecular flexibility index (Phi) is 3.54. The number of aromatic nitrogens is 3. The topological polar surface area (TPSA) is 85.8 Å². The van der Waals surface area contributed by atoms with Gasteiger partial charge in [-0.05, 0) is 18.3 Å². The maximum absolute atomic E-state index is 11.9. The number of nitrogens with one attached hydrogen (secondary N) is 1. The van der Waals surface area contributed by atoms with E-state index < -0.39 is 0 Å². The van der Waals surface area contributed by atoms with Crippen molar-refractivity contribution in [1.29, 1.82) is 0 Å². The van der Waals surface area contributed by atoms with Crippen LogP contribution in [0.1, 0.15) is 39.5 Å². The lowest BCUT2D eigenvalue weighted by Gasteiger charge is -2.39. The summed E-state index contributed by atoms with van der Waals surface area (Å²) in [6.07, 6.45) is 6.12. The van der Waals surface area contributed by atoms with Crippen molar-refractivity contribution in [3.63, 3.8) is 0 Å². The SMILES string of the molecule is CC1(C)CCCCC1NC(=O)Cn1cnc(N)n1. The molecule has 2 rings (SSSR count). The van der Waals surface area contributed by atoms with Gasteiger partial charge in [-0.1, -0.05) is 26.7 Å². The quantitative estimate of drug-likeness (QED) is 0.837. The lowest BCUT2D eigenvalue weighted by molar-refractivity contribution is -0.123. The molecule has 6 heteroatoms. The number of nitrogens with zero attached hydrogens (tertiary/aromatic N) is 3. The van der Waals surface area contributed by atoms with E-state index in [1.54, 1.807) is 0 Å². The average molecular weight is 251 g/mol. The molecule has 100 valence electrons. The normalized spacial score (nSPS) is 22.7. The first kappa shape index (κ1) is 12.9. The van der Waals surface area contributed by atoms with Crippen LogP contribution in [0.5, 0.6) is 0 Å². The predicted molar refractivity (Wildman–Crippen MR) is 68.6 cm³/mol. The molecule has 0 bridgehead atoms. The second-order valence-corrected chi connectivity index (χ2v) is 5.65. The number of nitrogens with two attached hydrogens (primary N) is 1. The van der Waals surface area contributed by atoms with E-state index in [2.05, 4.69) is 29.2 Å². The molecule has 0 saturated heterocycles. The van der Waals surface area contributed by atoms with Crippen molar-refractivity contribution in [3.05, 3.63) is 6.33 Å². The molecule has 18 heavy (non-hydrogen) atoms. The van der Waals surface area contributed by atoms with Crippen molar-refractivity contribution in [3.8, 4) is 0 Å². The number of hydrogen-bond donors (Lipinski definition) is 2. The Morgan fingerprint density at radius 2 is 2.39 bits per heavy atom. The number of anilines is 1. The minimum absolute atomic E-state index is 0.0279. The van der Waals surface area contributed by atoms with Gasteiger partial charge in [0.2, 0.25) is 11.9 Å². The zero-order chi connectivity index (χ0) is 13.2. The summed E-state index contributed by atoms with van der Waals surface area (Å²) in [7, 11) is 0. The fraction of sp³-hybridized carbons (Fsp3) is 0.750. The van der Waals surface area contributed by atoms with Crippen molar-refractivity contribution in [1.82, 2.24) is 20.1 Å². The minimum atomic E-state index is -0.0279. The largest absolute Gasteiger partial charge is 0.367 e. The first-order chi connectivity index (χ1) is 8.47. The highest BCUT2D eigenvalue weighted by Gasteiger charge is 2.33. The summed E-state index contributed by atoms with van der Waals surface area (Å²) in [4.78, 5) is 15.7. The standard InChI is InChI=1S/C12H21N5O/c1-12(2)6-4-3-5-9(12)15-10(18)7-17-8-14-11(13)16-17/h8-9H,3-7H2,1-2H3,(H2,13,16)(H,15,18). The first-order valence-electron chi connectivity index (χ1n) is 6.42. The molecule has 0 radical (unpaired) electrons. The molecule has 6 nitrogen and oxygen atoms in total. The molecular formula is C12H21N5O. The summed E-state index contributed by atoms with van der Waals surface area (Å²) >= 11 is 0. The number of carbonyl (C=O) groups is 1. The van der Waals surface area contributed by atoms with Gasteiger partial charge >= 0.3 is 0 Å². The summed E-state index contributed by atoms with van der Waals surface area (Å²) in [6.45, 7) is 4.60. The van der Waals surface area contributed by atoms with Crippen LogP contribution in [0, 0.1) is 5.41 Å². The van der Waals surface area contributed by atoms with Gasteiger partial charge in [-0.25, -0.2) is 9.67 Å². The predicted octanol–water partition coefficient (Wildman–Crippen LogP) is 0.945. The van der Waals surface area contributed by atoms with Gasteiger partial charge in [0.1, 0.15) is 12.9 Å². The van der Waals surface area contributed by atoms with E-state index in [9.17, 15) is 4.79 Å². The molecule has 1 saturated carbocycles. The fourth-order valence-electron chi connectivity index (χ4n) is 2.53. The van der Waals surface area contributed by atoms with Gasteiger partial charge in [-0.2, -0.15) is 0 Å². The van der Waals surface area contributed by atoms with Crippen LogP contribution in [0.2, 0.25) is 0 Å². The monoisotopic (exact) mass is 251 g/mol. The number of nitrogen functional groups attached to an aromatic ring is 1. The van der Waals surface area contributed by atoms with E-state index in [0.29, 0.717) is 0 Å². The van der Waals surface area contributed by atoms with Crippen LogP contribution in [0.25, 0.3) is 0 Å². The lowest BCUT2D eigenvalue weighted by Crippen LogP contribution is -2.47. The highest BCUT2D eigenvalue weighted by Crippen LogP contribution is 2.35. The van der Waals surface area contributed by atoms with Crippen molar-refractivity contribution < 1.29 is 4.79 Å². The summed E-state index contributed by atoms with van der Waals surface area (Å²) < 4.78 is 1.46. The molecule has 1 aliphatic rings. The van der Waals surface area contributed by atoms with Crippen LogP contribution in [-0.2, 0) is 11.3 Å². The van der Waals surface area contributed by atoms with Crippen molar-refractivity contribution >= 4 is 11.9 Å². The number of amides is 1. The second kappa shape index (κ2) is 4.96. The van der Waals surface area contributed by atoms with E-state index >= 15 is 0 Å². The zero-order valence-electron chi connectivity index (χ0n) is 11.0. The van der Waals surface area contributed by atoms with Gasteiger partial charge < -0.3 is 11.1 Å². The smallest absolute Gasteiger partial charge is 0.242 e. The Balaban J connectivity index is 1.90. The average Bonchev–Trinajstić information content (AvgIpc) is 2.67. The van der Waals surface area contributed by atoms with Crippen molar-refractivity contribution in [2.45, 2.75) is 52.1 Å². The Morgan fingerprint density at radius 3 is 3.00 bits per heavy atom. The molecule has 1 aliphatic carbocycles. The summed E-state index contributed by atoms with van der Waals surface area (Å²) in [5.41, 5.74) is 5.58. The highest BCUT2D eigenvalue weighted by atomic mass is 16.2. The van der Waals surface area contributed by atoms with Crippen molar-refractivity contribution in [2.24, 2.45) is 5.41 Å². The first-order valence-corrected chi connectivity index (χ1v) is 6.42. The van der Waals surface area contributed by atoms with Gasteiger partial charge in [0.25, 0.3) is 0 Å². The number of carbonyl (C=O) groups excluding carboxylic acids is 1. The molecule has 0 aromatic carbocycles. The fourth-order valence-corrected chi connectivity index (χ4v) is 2.53. The van der Waals surface area contributed by atoms with Gasteiger partial charge in [0, 0.05) is 6.04 Å². The molecule has 1 amide bonds. The molecule has 1 heterocycles. The zero-order valence-corrected chi connectivity index (χ0v) is 11.0. The molecule has 1 aromatic rings. The van der Waals surface area contributed by atoms with Crippen LogP contribution < -0.4 is 11.1 Å². The lowest BCUT2D eigenvalue weighted by atomic mass is 9.73. The van der Waals surface area contributed by atoms with E-state index in [0.717, 1.165) is 12.8 Å². The minimum Gasteiger partial charge on any atom is -0.367 e. The Labute approximate surface area is 107 Å². The maximum Gasteiger partial charge on any atom is 0.242 e. The third kappa shape index (κ3) is 3.00. The van der Waals surface area contributed by atoms with Crippen LogP contribution in [0.15, 0.2) is 6.33 Å². The molecule has 1 atom stereocenters. The Hall–Kier alpha value is -1.59. The summed E-state index contributed by atoms with van der Waals surface area (Å²) in [5.74, 6) is 0.167. The summed E-state index contributed by atoms with van der Waals surface area (Å²) in [5, 5.41) is 7.00. The van der Waals surface area contributed by atoms with Crippen LogP contribution in [0.3, 0.4) is 0 Å². The number of rotatable bonds is 3. The van der Waals surface area contributed by atoms with Gasteiger partial charge in [0.15, 0.2) is 0 Å². The van der Waals surface area contributed by atoms with Gasteiger partial charge in [-0.15, -0.1) is 5.10 Å². The third-order valence-corrected chi connectivity index (χ3v) is 3.70. The molecule has 3 N–H and O–H groups in total. The van der Waals surface area contributed by atoms with E-state index in [1.807, 2.05) is 0 Å². The van der Waals surface area contributed by atoms with Gasteiger partial charge in [0.05, 0.1) is 0 Å². The van der Waals surface area contributed by atoms with Crippen molar-refractivity contribution in [2.75, 3.05) is 5.73 Å². The van der Waals surface area contributed by atoms with Crippen LogP contribution in [-0.4, -0.2) is 26.7 Å². The molecule has 0 spiro atoms. The molecule has 1 fully saturated rings. The highest BCUT2D eigenvalue weighted by molar-refractivity contribution is 5.76. The van der Waals surface area contributed by atoms with Crippen LogP contribution >= 0.6 is 0 Å². The molecule has 1 unspecified atom stereocenters. The molecular weight excluding hydrogens is 230 g/mol. The van der Waals surface area contributed by atoms with E-state index in [-0.39, 0.29) is 29.9 Å². The maximum atomic E-state index is 11.9. The molecule has 1 aromatic heterocycles. The number of hydrogen-bond acceptors (Lipinski definition) is 4. The Bertz CT molecular complexity index is 426. The third-order valence-electron chi connectivity index (χ3n) is 3.70. The van der Waals surface area contributed by atoms with E-state index in [4.69, 9.17) is 5.73 Å². The second-order valence-electron chi connectivity index (χ2n) is 5.65.